The summed E-state index contributed by atoms with van der Waals surface area (Å²) in [5.74, 6) is 0.590. The van der Waals surface area contributed by atoms with Crippen molar-refractivity contribution in [1.82, 2.24) is 10.2 Å². The zero-order valence-electron chi connectivity index (χ0n) is 15.4. The fourth-order valence-electron chi connectivity index (χ4n) is 2.80. The number of carbonyl (C=O) groups is 1. The number of anilines is 1. The number of nitrogen functional groups attached to an aromatic ring is 1. The maximum absolute atomic E-state index is 9.69. The number of carboxylic acid groups (broad SMARTS) is 1. The van der Waals surface area contributed by atoms with Crippen molar-refractivity contribution in [2.24, 2.45) is 0 Å². The Morgan fingerprint density at radius 3 is 2.54 bits per heavy atom. The zero-order valence-corrected chi connectivity index (χ0v) is 15.4. The lowest BCUT2D eigenvalue weighted by Crippen LogP contribution is -2.33. The molecule has 0 aliphatic heterocycles. The Kier molecular flexibility index (Phi) is 7.27. The first-order valence-electron chi connectivity index (χ1n) is 8.11. The van der Waals surface area contributed by atoms with Crippen LogP contribution >= 0.6 is 0 Å². The summed E-state index contributed by atoms with van der Waals surface area (Å²) in [6, 6.07) is 8.98. The molecule has 3 aromatic rings. The molecule has 0 aliphatic rings. The van der Waals surface area contributed by atoms with Crippen molar-refractivity contribution in [2.45, 2.75) is 6.61 Å². The average Bonchev–Trinajstić information content (AvgIpc) is 2.68. The highest BCUT2D eigenvalue weighted by Gasteiger charge is 2.20. The first-order chi connectivity index (χ1) is 13.5. The van der Waals surface area contributed by atoms with E-state index in [4.69, 9.17) is 25.1 Å². The van der Waals surface area contributed by atoms with Crippen molar-refractivity contribution in [2.75, 3.05) is 20.0 Å². The van der Waals surface area contributed by atoms with Gasteiger partial charge in [-0.1, -0.05) is 12.1 Å². The molecular weight excluding hydrogens is 365 g/mol. The predicted octanol–water partition coefficient (Wildman–Crippen LogP) is 0.415. The SMILES string of the molecule is COCc1cc(OC)c(-c2ccc3c(N)cnnc3c2)cc1B(O)O.O=CO. The number of hydrogen-bond acceptors (Lipinski definition) is 8. The summed E-state index contributed by atoms with van der Waals surface area (Å²) in [5.41, 5.74) is 9.61. The quantitative estimate of drug-likeness (QED) is 0.362. The van der Waals surface area contributed by atoms with Crippen LogP contribution in [0, 0.1) is 0 Å². The lowest BCUT2D eigenvalue weighted by atomic mass is 9.75. The Labute approximate surface area is 161 Å². The Balaban J connectivity index is 0.000000878. The molecule has 0 saturated heterocycles. The van der Waals surface area contributed by atoms with E-state index in [-0.39, 0.29) is 13.1 Å². The van der Waals surface area contributed by atoms with Crippen LogP contribution < -0.4 is 15.9 Å². The summed E-state index contributed by atoms with van der Waals surface area (Å²) in [4.78, 5) is 8.36. The second-order valence-electron chi connectivity index (χ2n) is 5.70. The van der Waals surface area contributed by atoms with Gasteiger partial charge in [-0.05, 0) is 34.8 Å². The molecule has 0 bridgehead atoms. The molecule has 0 aliphatic carbocycles. The number of aromatic nitrogens is 2. The lowest BCUT2D eigenvalue weighted by molar-refractivity contribution is -0.122. The topological polar surface area (TPSA) is 148 Å². The van der Waals surface area contributed by atoms with E-state index in [9.17, 15) is 10.0 Å². The number of fused-ring (bicyclic) bond motifs is 1. The predicted molar refractivity (Wildman–Crippen MR) is 105 cm³/mol. The van der Waals surface area contributed by atoms with Crippen LogP contribution in [-0.2, 0) is 16.1 Å². The van der Waals surface area contributed by atoms with Gasteiger partial charge in [-0.2, -0.15) is 10.2 Å². The number of rotatable bonds is 5. The molecule has 28 heavy (non-hydrogen) atoms. The first kappa shape index (κ1) is 21.1. The summed E-state index contributed by atoms with van der Waals surface area (Å²) in [5, 5.41) is 35.0. The third-order valence-corrected chi connectivity index (χ3v) is 4.02. The summed E-state index contributed by atoms with van der Waals surface area (Å²) >= 11 is 0. The minimum Gasteiger partial charge on any atom is -0.496 e. The van der Waals surface area contributed by atoms with Crippen molar-refractivity contribution in [3.8, 4) is 16.9 Å². The first-order valence-corrected chi connectivity index (χ1v) is 8.11. The third kappa shape index (κ3) is 4.55. The molecule has 10 heteroatoms. The minimum atomic E-state index is -1.62. The van der Waals surface area contributed by atoms with Gasteiger partial charge < -0.3 is 30.4 Å². The van der Waals surface area contributed by atoms with Crippen LogP contribution in [0.25, 0.3) is 22.0 Å². The Bertz CT molecular complexity index is 967. The molecule has 0 atom stereocenters. The summed E-state index contributed by atoms with van der Waals surface area (Å²) in [7, 11) is 1.48. The van der Waals surface area contributed by atoms with E-state index in [1.807, 2.05) is 18.2 Å². The van der Waals surface area contributed by atoms with Gasteiger partial charge in [-0.15, -0.1) is 0 Å². The van der Waals surface area contributed by atoms with Crippen LogP contribution in [0.1, 0.15) is 5.56 Å². The highest BCUT2D eigenvalue weighted by Crippen LogP contribution is 2.32. The van der Waals surface area contributed by atoms with Gasteiger partial charge in [0.15, 0.2) is 0 Å². The van der Waals surface area contributed by atoms with E-state index in [1.54, 1.807) is 26.4 Å². The van der Waals surface area contributed by atoms with Gasteiger partial charge in [0.1, 0.15) is 5.75 Å². The number of ether oxygens (including phenoxy) is 2. The number of benzene rings is 2. The molecule has 2 aromatic carbocycles. The van der Waals surface area contributed by atoms with E-state index in [0.29, 0.717) is 33.5 Å². The average molecular weight is 385 g/mol. The third-order valence-electron chi connectivity index (χ3n) is 4.02. The largest absolute Gasteiger partial charge is 0.496 e. The van der Waals surface area contributed by atoms with Crippen LogP contribution in [0.15, 0.2) is 36.5 Å². The standard InChI is InChI=1S/C17H18BN3O4.CH2O2/c1-24-9-11-6-17(25-2)13(7-14(11)18(22)23)10-3-4-12-15(19)8-20-21-16(12)5-10;2-1-3/h3-8,22-23H,9H2,1-2H3,(H2,19,21);1H,(H,2,3). The molecule has 1 heterocycles. The monoisotopic (exact) mass is 385 g/mol. The molecule has 0 amide bonds. The normalized spacial score (nSPS) is 10.1. The summed E-state index contributed by atoms with van der Waals surface area (Å²) in [6.07, 6.45) is 1.50. The maximum Gasteiger partial charge on any atom is 0.488 e. The van der Waals surface area contributed by atoms with Gasteiger partial charge in [0.05, 0.1) is 31.1 Å². The van der Waals surface area contributed by atoms with Gasteiger partial charge >= 0.3 is 7.12 Å². The maximum atomic E-state index is 9.69. The van der Waals surface area contributed by atoms with Crippen molar-refractivity contribution in [1.29, 1.82) is 0 Å². The molecular formula is C18H20BN3O6. The summed E-state index contributed by atoms with van der Waals surface area (Å²) < 4.78 is 10.6. The Morgan fingerprint density at radius 2 is 1.93 bits per heavy atom. The second kappa shape index (κ2) is 9.65. The van der Waals surface area contributed by atoms with Crippen LogP contribution in [0.4, 0.5) is 5.69 Å². The molecule has 5 N–H and O–H groups in total. The number of methoxy groups -OCH3 is 2. The van der Waals surface area contributed by atoms with Crippen LogP contribution in [-0.4, -0.2) is 53.2 Å². The van der Waals surface area contributed by atoms with Gasteiger partial charge in [-0.25, -0.2) is 0 Å². The highest BCUT2D eigenvalue weighted by atomic mass is 16.5. The van der Waals surface area contributed by atoms with Gasteiger partial charge in [-0.3, -0.25) is 4.79 Å². The van der Waals surface area contributed by atoms with Gasteiger partial charge in [0.2, 0.25) is 0 Å². The van der Waals surface area contributed by atoms with E-state index in [2.05, 4.69) is 10.2 Å². The Hall–Kier alpha value is -3.21. The van der Waals surface area contributed by atoms with Crippen LogP contribution in [0.2, 0.25) is 0 Å². The zero-order chi connectivity index (χ0) is 20.7. The number of nitrogens with zero attached hydrogens (tertiary/aromatic N) is 2. The molecule has 0 saturated carbocycles. The molecule has 0 fully saturated rings. The van der Waals surface area contributed by atoms with Crippen molar-refractivity contribution in [3.63, 3.8) is 0 Å². The van der Waals surface area contributed by atoms with Crippen molar-refractivity contribution < 1.29 is 29.4 Å². The van der Waals surface area contributed by atoms with E-state index < -0.39 is 7.12 Å². The molecule has 0 radical (unpaired) electrons. The van der Waals surface area contributed by atoms with Crippen LogP contribution in [0.5, 0.6) is 5.75 Å². The molecule has 9 nitrogen and oxygen atoms in total. The molecule has 1 aromatic heterocycles. The van der Waals surface area contributed by atoms with E-state index in [1.165, 1.54) is 6.20 Å². The van der Waals surface area contributed by atoms with Gasteiger partial charge in [0.25, 0.3) is 6.47 Å². The molecule has 0 spiro atoms. The van der Waals surface area contributed by atoms with E-state index >= 15 is 0 Å². The molecule has 0 unspecified atom stereocenters. The van der Waals surface area contributed by atoms with Crippen molar-refractivity contribution >= 4 is 35.6 Å². The van der Waals surface area contributed by atoms with Gasteiger partial charge in [0, 0.05) is 18.1 Å². The fourth-order valence-corrected chi connectivity index (χ4v) is 2.80. The fraction of sp³-hybridized carbons (Fsp3) is 0.167. The second-order valence-corrected chi connectivity index (χ2v) is 5.70. The summed E-state index contributed by atoms with van der Waals surface area (Å²) in [6.45, 7) is -0.0106. The molecule has 146 valence electrons. The van der Waals surface area contributed by atoms with Crippen molar-refractivity contribution in [3.05, 3.63) is 42.1 Å². The smallest absolute Gasteiger partial charge is 0.488 e. The molecule has 3 rings (SSSR count). The lowest BCUT2D eigenvalue weighted by Gasteiger charge is -2.16. The minimum absolute atomic E-state index is 0.239. The highest BCUT2D eigenvalue weighted by molar-refractivity contribution is 6.59. The number of nitrogens with two attached hydrogens (primary N) is 1. The van der Waals surface area contributed by atoms with Crippen LogP contribution in [0.3, 0.4) is 0 Å². The van der Waals surface area contributed by atoms with E-state index in [0.717, 1.165) is 10.9 Å². The number of hydrogen-bond donors (Lipinski definition) is 4. The Morgan fingerprint density at radius 1 is 1.21 bits per heavy atom.